The molecule has 0 aromatic heterocycles. The van der Waals surface area contributed by atoms with Crippen molar-refractivity contribution in [1.82, 2.24) is 4.90 Å². The molecule has 0 unspecified atom stereocenters. The lowest BCUT2D eigenvalue weighted by molar-refractivity contribution is -0.113. The minimum Gasteiger partial charge on any atom is -0.488 e. The lowest BCUT2D eigenvalue weighted by atomic mass is 10.1. The van der Waals surface area contributed by atoms with Crippen molar-refractivity contribution in [2.24, 2.45) is 4.99 Å². The largest absolute Gasteiger partial charge is 0.488 e. The van der Waals surface area contributed by atoms with E-state index in [1.54, 1.807) is 0 Å². The molecule has 0 atom stereocenters. The summed E-state index contributed by atoms with van der Waals surface area (Å²) in [5, 5.41) is 0.848. The van der Waals surface area contributed by atoms with Crippen molar-refractivity contribution in [3.05, 3.63) is 70.1 Å². The van der Waals surface area contributed by atoms with E-state index in [1.165, 1.54) is 43.0 Å². The van der Waals surface area contributed by atoms with Crippen molar-refractivity contribution in [2.45, 2.75) is 39.2 Å². The van der Waals surface area contributed by atoms with Gasteiger partial charge >= 0.3 is 0 Å². The number of amides is 1. The summed E-state index contributed by atoms with van der Waals surface area (Å²) in [6.45, 7) is 4.55. The summed E-state index contributed by atoms with van der Waals surface area (Å²) in [5.41, 5.74) is 3.26. The van der Waals surface area contributed by atoms with Gasteiger partial charge in [0.1, 0.15) is 12.4 Å². The van der Waals surface area contributed by atoms with Crippen LogP contribution in [0.25, 0.3) is 6.08 Å². The second kappa shape index (κ2) is 9.31. The first-order valence-corrected chi connectivity index (χ1v) is 11.1. The van der Waals surface area contributed by atoms with Crippen LogP contribution in [-0.2, 0) is 11.4 Å². The number of hydrogen-bond acceptors (Lipinski definition) is 4. The SMILES string of the molecule is Cc1ccc(COc2ccccc2/C=C2\SC(N3CCCCCC3)=NC2=O)cc1. The van der Waals surface area contributed by atoms with Gasteiger partial charge < -0.3 is 9.64 Å². The van der Waals surface area contributed by atoms with Crippen LogP contribution in [0.4, 0.5) is 0 Å². The summed E-state index contributed by atoms with van der Waals surface area (Å²) in [6.07, 6.45) is 6.77. The summed E-state index contributed by atoms with van der Waals surface area (Å²) in [6, 6.07) is 16.2. The highest BCUT2D eigenvalue weighted by atomic mass is 32.2. The predicted molar refractivity (Wildman–Crippen MR) is 120 cm³/mol. The molecule has 5 heteroatoms. The van der Waals surface area contributed by atoms with Crippen molar-refractivity contribution in [1.29, 1.82) is 0 Å². The molecule has 0 saturated carbocycles. The van der Waals surface area contributed by atoms with Crippen LogP contribution in [0.5, 0.6) is 5.75 Å². The van der Waals surface area contributed by atoms with Gasteiger partial charge in [0, 0.05) is 18.7 Å². The zero-order chi connectivity index (χ0) is 20.1. The van der Waals surface area contributed by atoms with Gasteiger partial charge in [-0.3, -0.25) is 4.79 Å². The number of para-hydroxylation sites is 1. The van der Waals surface area contributed by atoms with Crippen molar-refractivity contribution in [3.8, 4) is 5.75 Å². The second-order valence-electron chi connectivity index (χ2n) is 7.52. The van der Waals surface area contributed by atoms with Crippen molar-refractivity contribution >= 4 is 28.9 Å². The number of hydrogen-bond donors (Lipinski definition) is 0. The molecule has 2 heterocycles. The van der Waals surface area contributed by atoms with Crippen LogP contribution < -0.4 is 4.74 Å². The first-order valence-electron chi connectivity index (χ1n) is 10.2. The van der Waals surface area contributed by atoms with E-state index >= 15 is 0 Å². The van der Waals surface area contributed by atoms with Crippen LogP contribution in [0.15, 0.2) is 58.4 Å². The molecule has 0 N–H and O–H groups in total. The molecule has 0 aliphatic carbocycles. The monoisotopic (exact) mass is 406 g/mol. The molecule has 150 valence electrons. The van der Waals surface area contributed by atoms with Crippen LogP contribution in [0.1, 0.15) is 42.4 Å². The van der Waals surface area contributed by atoms with E-state index in [1.807, 2.05) is 30.3 Å². The van der Waals surface area contributed by atoms with Gasteiger partial charge in [-0.05, 0) is 49.2 Å². The summed E-state index contributed by atoms with van der Waals surface area (Å²) in [4.78, 5) is 19.7. The van der Waals surface area contributed by atoms with E-state index in [4.69, 9.17) is 4.74 Å². The number of aryl methyl sites for hydroxylation is 1. The number of carbonyl (C=O) groups excluding carboxylic acids is 1. The number of nitrogens with zero attached hydrogens (tertiary/aromatic N) is 2. The van der Waals surface area contributed by atoms with Gasteiger partial charge in [0.25, 0.3) is 5.91 Å². The lowest BCUT2D eigenvalue weighted by Crippen LogP contribution is -2.28. The summed E-state index contributed by atoms with van der Waals surface area (Å²) < 4.78 is 6.06. The number of likely N-dealkylation sites (tertiary alicyclic amines) is 1. The Bertz CT molecular complexity index is 926. The van der Waals surface area contributed by atoms with E-state index in [9.17, 15) is 4.79 Å². The number of amidine groups is 1. The van der Waals surface area contributed by atoms with E-state index in [-0.39, 0.29) is 5.91 Å². The average Bonchev–Trinajstić information content (AvgIpc) is 2.93. The van der Waals surface area contributed by atoms with Gasteiger partial charge in [0.05, 0.1) is 4.91 Å². The topological polar surface area (TPSA) is 41.9 Å². The Kier molecular flexibility index (Phi) is 6.35. The van der Waals surface area contributed by atoms with Crippen molar-refractivity contribution < 1.29 is 9.53 Å². The number of aliphatic imine (C=N–C) groups is 1. The molecule has 2 aliphatic heterocycles. The Labute approximate surface area is 176 Å². The van der Waals surface area contributed by atoms with Crippen LogP contribution >= 0.6 is 11.8 Å². The van der Waals surface area contributed by atoms with Crippen LogP contribution in [-0.4, -0.2) is 29.1 Å². The van der Waals surface area contributed by atoms with Gasteiger partial charge in [-0.1, -0.05) is 60.9 Å². The second-order valence-corrected chi connectivity index (χ2v) is 8.53. The predicted octanol–water partition coefficient (Wildman–Crippen LogP) is 5.42. The molecule has 1 amide bonds. The van der Waals surface area contributed by atoms with Crippen LogP contribution in [0, 0.1) is 6.92 Å². The first-order chi connectivity index (χ1) is 14.2. The molecule has 4 rings (SSSR count). The Hall–Kier alpha value is -2.53. The quantitative estimate of drug-likeness (QED) is 0.636. The third kappa shape index (κ3) is 5.10. The van der Waals surface area contributed by atoms with Gasteiger partial charge in [-0.2, -0.15) is 4.99 Å². The first kappa shape index (κ1) is 19.8. The highest BCUT2D eigenvalue weighted by Gasteiger charge is 2.26. The third-order valence-corrected chi connectivity index (χ3v) is 6.25. The Morgan fingerprint density at radius 3 is 2.52 bits per heavy atom. The zero-order valence-electron chi connectivity index (χ0n) is 16.8. The summed E-state index contributed by atoms with van der Waals surface area (Å²) in [5.74, 6) is 0.625. The Morgan fingerprint density at radius 2 is 1.76 bits per heavy atom. The minimum atomic E-state index is -0.150. The van der Waals surface area contributed by atoms with Gasteiger partial charge in [-0.15, -0.1) is 0 Å². The number of rotatable bonds is 4. The van der Waals surface area contributed by atoms with Gasteiger partial charge in [0.15, 0.2) is 5.17 Å². The normalized spacial score (nSPS) is 18.7. The standard InChI is InChI=1S/C24H26N2O2S/c1-18-10-12-19(13-11-18)17-28-21-9-5-4-8-20(21)16-22-23(27)25-24(29-22)26-14-6-2-3-7-15-26/h4-5,8-13,16H,2-3,6-7,14-15,17H2,1H3/b22-16-. The van der Waals surface area contributed by atoms with E-state index in [0.29, 0.717) is 11.5 Å². The molecule has 29 heavy (non-hydrogen) atoms. The lowest BCUT2D eigenvalue weighted by Gasteiger charge is -2.20. The fraction of sp³-hybridized carbons (Fsp3) is 0.333. The fourth-order valence-electron chi connectivity index (χ4n) is 3.51. The maximum Gasteiger partial charge on any atom is 0.286 e. The molecular formula is C24H26N2O2S. The maximum absolute atomic E-state index is 12.5. The Balaban J connectivity index is 1.47. The molecule has 2 aliphatic rings. The fourth-order valence-corrected chi connectivity index (χ4v) is 4.47. The highest BCUT2D eigenvalue weighted by Crippen LogP contribution is 2.33. The van der Waals surface area contributed by atoms with E-state index < -0.39 is 0 Å². The Morgan fingerprint density at radius 1 is 1.03 bits per heavy atom. The number of ether oxygens (including phenoxy) is 1. The zero-order valence-corrected chi connectivity index (χ0v) is 17.6. The van der Waals surface area contributed by atoms with Gasteiger partial charge in [0.2, 0.25) is 0 Å². The number of benzene rings is 2. The smallest absolute Gasteiger partial charge is 0.286 e. The van der Waals surface area contributed by atoms with Gasteiger partial charge in [-0.25, -0.2) is 0 Å². The third-order valence-electron chi connectivity index (χ3n) is 5.21. The minimum absolute atomic E-state index is 0.150. The highest BCUT2D eigenvalue weighted by molar-refractivity contribution is 8.18. The molecule has 1 fully saturated rings. The van der Waals surface area contributed by atoms with Crippen molar-refractivity contribution in [2.75, 3.05) is 13.1 Å². The molecule has 4 nitrogen and oxygen atoms in total. The molecule has 0 radical (unpaired) electrons. The van der Waals surface area contributed by atoms with Crippen LogP contribution in [0.3, 0.4) is 0 Å². The molecule has 2 aromatic rings. The molecular weight excluding hydrogens is 380 g/mol. The molecule has 2 aromatic carbocycles. The summed E-state index contributed by atoms with van der Waals surface area (Å²) >= 11 is 1.49. The number of carbonyl (C=O) groups is 1. The van der Waals surface area contributed by atoms with E-state index in [2.05, 4.69) is 41.1 Å². The van der Waals surface area contributed by atoms with Crippen LogP contribution in [0.2, 0.25) is 0 Å². The molecule has 0 spiro atoms. The van der Waals surface area contributed by atoms with E-state index in [0.717, 1.165) is 35.1 Å². The molecule has 0 bridgehead atoms. The summed E-state index contributed by atoms with van der Waals surface area (Å²) in [7, 11) is 0. The van der Waals surface area contributed by atoms with Crippen molar-refractivity contribution in [3.63, 3.8) is 0 Å². The average molecular weight is 407 g/mol. The number of thioether (sulfide) groups is 1. The maximum atomic E-state index is 12.5. The molecule has 1 saturated heterocycles.